The second-order valence-corrected chi connectivity index (χ2v) is 7.66. The van der Waals surface area contributed by atoms with Crippen LogP contribution in [0.5, 0.6) is 0 Å². The van der Waals surface area contributed by atoms with E-state index in [1.807, 2.05) is 0 Å². The second kappa shape index (κ2) is 9.94. The van der Waals surface area contributed by atoms with E-state index in [-0.39, 0.29) is 5.60 Å². The highest BCUT2D eigenvalue weighted by Gasteiger charge is 2.44. The lowest BCUT2D eigenvalue weighted by Crippen LogP contribution is -2.32. The number of ether oxygens (including phenoxy) is 1. The molecule has 0 aromatic heterocycles. The van der Waals surface area contributed by atoms with Crippen molar-refractivity contribution in [1.82, 2.24) is 0 Å². The lowest BCUT2D eigenvalue weighted by atomic mass is 9.80. The van der Waals surface area contributed by atoms with Crippen LogP contribution < -0.4 is 0 Å². The first-order chi connectivity index (χ1) is 12.6. The van der Waals surface area contributed by atoms with Crippen LogP contribution in [0, 0.1) is 6.92 Å². The Hall–Kier alpha value is -1.57. The van der Waals surface area contributed by atoms with Crippen molar-refractivity contribution in [3.63, 3.8) is 0 Å². The van der Waals surface area contributed by atoms with Crippen molar-refractivity contribution in [2.45, 2.75) is 98.0 Å². The molecule has 1 heterocycles. The Bertz CT molecular complexity index is 626. The van der Waals surface area contributed by atoms with E-state index in [1.165, 1.54) is 30.4 Å². The smallest absolute Gasteiger partial charge is 0.218 e. The maximum atomic E-state index is 6.73. The minimum absolute atomic E-state index is 0.116. The van der Waals surface area contributed by atoms with Gasteiger partial charge in [-0.15, -0.1) is 0 Å². The zero-order valence-corrected chi connectivity index (χ0v) is 17.5. The standard InChI is InChI=1S/C24H37NO/c1-6-10-18-24(17-9-4)22(12-8-3)21(11-7-2)23(26-24)25-20-15-13-19(5)14-16-20/h13-16H,6-12,17-18H2,1-5H3. The van der Waals surface area contributed by atoms with Crippen LogP contribution in [0.15, 0.2) is 40.4 Å². The van der Waals surface area contributed by atoms with Crippen LogP contribution in [-0.4, -0.2) is 11.5 Å². The minimum Gasteiger partial charge on any atom is -0.466 e. The molecule has 0 N–H and O–H groups in total. The Morgan fingerprint density at radius 2 is 1.54 bits per heavy atom. The Labute approximate surface area is 160 Å². The van der Waals surface area contributed by atoms with Crippen molar-refractivity contribution in [3.05, 3.63) is 41.0 Å². The summed E-state index contributed by atoms with van der Waals surface area (Å²) in [7, 11) is 0. The normalized spacial score (nSPS) is 21.5. The number of rotatable bonds is 10. The van der Waals surface area contributed by atoms with Crippen molar-refractivity contribution in [2.24, 2.45) is 4.99 Å². The van der Waals surface area contributed by atoms with Crippen LogP contribution in [-0.2, 0) is 4.74 Å². The molecule has 0 spiro atoms. The van der Waals surface area contributed by atoms with E-state index in [2.05, 4.69) is 58.9 Å². The molecular formula is C24H37NO. The Kier molecular flexibility index (Phi) is 7.93. The molecule has 1 aromatic carbocycles. The van der Waals surface area contributed by atoms with Gasteiger partial charge in [-0.2, -0.15) is 0 Å². The fraction of sp³-hybridized carbons (Fsp3) is 0.625. The Balaban J connectivity index is 2.49. The minimum atomic E-state index is -0.116. The lowest BCUT2D eigenvalue weighted by Gasteiger charge is -2.32. The molecule has 0 bridgehead atoms. The van der Waals surface area contributed by atoms with Crippen LogP contribution in [0.4, 0.5) is 5.69 Å². The number of aryl methyl sites for hydroxylation is 1. The van der Waals surface area contributed by atoms with E-state index in [0.29, 0.717) is 0 Å². The summed E-state index contributed by atoms with van der Waals surface area (Å²) >= 11 is 0. The van der Waals surface area contributed by atoms with Crippen LogP contribution in [0.3, 0.4) is 0 Å². The van der Waals surface area contributed by atoms with Gasteiger partial charge in [-0.1, -0.05) is 71.1 Å². The highest BCUT2D eigenvalue weighted by atomic mass is 16.5. The van der Waals surface area contributed by atoms with Crippen molar-refractivity contribution in [1.29, 1.82) is 0 Å². The zero-order chi connectivity index (χ0) is 19.0. The SMILES string of the molecule is CCCCC1(CCC)OC(=Nc2ccc(C)cc2)C(CCC)=C1CCC. The molecule has 0 fully saturated rings. The van der Waals surface area contributed by atoms with E-state index in [4.69, 9.17) is 9.73 Å². The van der Waals surface area contributed by atoms with Gasteiger partial charge in [0.2, 0.25) is 5.90 Å². The average molecular weight is 356 g/mol. The largest absolute Gasteiger partial charge is 0.466 e. The van der Waals surface area contributed by atoms with Gasteiger partial charge < -0.3 is 4.74 Å². The van der Waals surface area contributed by atoms with Gasteiger partial charge in [0, 0.05) is 5.57 Å². The van der Waals surface area contributed by atoms with Crippen LogP contribution in [0.1, 0.15) is 91.0 Å². The fourth-order valence-electron chi connectivity index (χ4n) is 4.07. The van der Waals surface area contributed by atoms with E-state index < -0.39 is 0 Å². The van der Waals surface area contributed by atoms with Crippen LogP contribution >= 0.6 is 0 Å². The number of hydrogen-bond acceptors (Lipinski definition) is 2. The molecule has 0 aliphatic carbocycles. The summed E-state index contributed by atoms with van der Waals surface area (Å²) in [6, 6.07) is 8.45. The maximum absolute atomic E-state index is 6.73. The van der Waals surface area contributed by atoms with Crippen LogP contribution in [0.2, 0.25) is 0 Å². The lowest BCUT2D eigenvalue weighted by molar-refractivity contribution is 0.0811. The van der Waals surface area contributed by atoms with Crippen molar-refractivity contribution in [2.75, 3.05) is 0 Å². The molecule has 0 saturated carbocycles. The van der Waals surface area contributed by atoms with Gasteiger partial charge in [0.1, 0.15) is 5.60 Å². The second-order valence-electron chi connectivity index (χ2n) is 7.66. The molecule has 1 aromatic rings. The summed E-state index contributed by atoms with van der Waals surface area (Å²) in [5.74, 6) is 0.892. The molecule has 0 saturated heterocycles. The van der Waals surface area contributed by atoms with Crippen molar-refractivity contribution in [3.8, 4) is 0 Å². The number of nitrogens with zero attached hydrogens (tertiary/aromatic N) is 1. The topological polar surface area (TPSA) is 21.6 Å². The maximum Gasteiger partial charge on any atom is 0.218 e. The summed E-state index contributed by atoms with van der Waals surface area (Å²) in [6.07, 6.45) is 10.3. The summed E-state index contributed by atoms with van der Waals surface area (Å²) in [6.45, 7) is 11.2. The molecule has 1 aliphatic rings. The molecule has 1 aliphatic heterocycles. The fourth-order valence-corrected chi connectivity index (χ4v) is 4.07. The first-order valence-corrected chi connectivity index (χ1v) is 10.7. The van der Waals surface area contributed by atoms with Crippen molar-refractivity contribution >= 4 is 11.6 Å². The molecule has 1 atom stereocenters. The Morgan fingerprint density at radius 3 is 2.12 bits per heavy atom. The molecule has 144 valence electrons. The van der Waals surface area contributed by atoms with Gasteiger partial charge >= 0.3 is 0 Å². The number of aliphatic imine (C=N–C) groups is 1. The van der Waals surface area contributed by atoms with E-state index in [1.54, 1.807) is 5.57 Å². The molecule has 0 amide bonds. The quantitative estimate of drug-likeness (QED) is 0.421. The first kappa shape index (κ1) is 20.7. The van der Waals surface area contributed by atoms with Gasteiger partial charge in [-0.3, -0.25) is 0 Å². The first-order valence-electron chi connectivity index (χ1n) is 10.7. The number of unbranched alkanes of at least 4 members (excludes halogenated alkanes) is 1. The van der Waals surface area contributed by atoms with Gasteiger partial charge in [0.15, 0.2) is 0 Å². The molecule has 26 heavy (non-hydrogen) atoms. The molecular weight excluding hydrogens is 318 g/mol. The van der Waals surface area contributed by atoms with Gasteiger partial charge in [0.25, 0.3) is 0 Å². The molecule has 0 radical (unpaired) electrons. The van der Waals surface area contributed by atoms with Gasteiger partial charge in [-0.25, -0.2) is 4.99 Å². The Morgan fingerprint density at radius 1 is 0.846 bits per heavy atom. The average Bonchev–Trinajstić information content (AvgIpc) is 2.90. The van der Waals surface area contributed by atoms with Crippen molar-refractivity contribution < 1.29 is 4.74 Å². The highest BCUT2D eigenvalue weighted by Crippen LogP contribution is 2.45. The summed E-state index contributed by atoms with van der Waals surface area (Å²) in [4.78, 5) is 4.95. The zero-order valence-electron chi connectivity index (χ0n) is 17.5. The predicted octanol–water partition coefficient (Wildman–Crippen LogP) is 7.68. The molecule has 1 unspecified atom stereocenters. The molecule has 2 rings (SSSR count). The third-order valence-corrected chi connectivity index (χ3v) is 5.32. The molecule has 2 nitrogen and oxygen atoms in total. The summed E-state index contributed by atoms with van der Waals surface area (Å²) in [5.41, 5.74) is 5.08. The monoisotopic (exact) mass is 355 g/mol. The van der Waals surface area contributed by atoms with Gasteiger partial charge in [-0.05, 0) is 56.7 Å². The van der Waals surface area contributed by atoms with Gasteiger partial charge in [0.05, 0.1) is 5.69 Å². The van der Waals surface area contributed by atoms with E-state index in [9.17, 15) is 0 Å². The third-order valence-electron chi connectivity index (χ3n) is 5.32. The predicted molar refractivity (Wildman–Crippen MR) is 113 cm³/mol. The third kappa shape index (κ3) is 4.78. The highest BCUT2D eigenvalue weighted by molar-refractivity contribution is 5.99. The number of benzene rings is 1. The van der Waals surface area contributed by atoms with E-state index >= 15 is 0 Å². The summed E-state index contributed by atoms with van der Waals surface area (Å²) < 4.78 is 6.73. The van der Waals surface area contributed by atoms with Crippen LogP contribution in [0.25, 0.3) is 0 Å². The molecule has 2 heteroatoms. The summed E-state index contributed by atoms with van der Waals surface area (Å²) in [5, 5.41) is 0. The van der Waals surface area contributed by atoms with E-state index in [0.717, 1.165) is 50.1 Å². The number of hydrogen-bond donors (Lipinski definition) is 0.